The minimum absolute atomic E-state index is 0.0262. The lowest BCUT2D eigenvalue weighted by Gasteiger charge is -2.18. The highest BCUT2D eigenvalue weighted by atomic mass is 16.6. The number of unbranched alkanes of at least 4 members (excludes halogenated alkanes) is 17. The number of aliphatic hydroxyl groups excluding tert-OH is 1. The molecule has 0 aliphatic heterocycles. The molecular formula is C37H75NO4. The van der Waals surface area contributed by atoms with Crippen LogP contribution in [0.1, 0.15) is 194 Å². The first kappa shape index (κ1) is 41.4. The number of nitrogens with one attached hydrogen (secondary N) is 1. The Morgan fingerprint density at radius 3 is 1.62 bits per heavy atom. The summed E-state index contributed by atoms with van der Waals surface area (Å²) in [6.45, 7) is 10.1. The molecule has 0 aromatic carbocycles. The van der Waals surface area contributed by atoms with Crippen LogP contribution in [0.5, 0.6) is 0 Å². The highest BCUT2D eigenvalue weighted by molar-refractivity contribution is 5.69. The molecule has 0 aromatic rings. The third-order valence-corrected chi connectivity index (χ3v) is 8.57. The van der Waals surface area contributed by atoms with Crippen LogP contribution in [-0.2, 0) is 14.3 Å². The van der Waals surface area contributed by atoms with Gasteiger partial charge in [-0.2, -0.15) is 0 Å². The van der Waals surface area contributed by atoms with Gasteiger partial charge in [0.05, 0.1) is 6.61 Å². The summed E-state index contributed by atoms with van der Waals surface area (Å²) in [5.74, 6) is 0.733. The zero-order chi connectivity index (χ0) is 30.8. The fraction of sp³-hybridized carbons (Fsp3) is 0.973. The van der Waals surface area contributed by atoms with Crippen molar-refractivity contribution in [3.8, 4) is 0 Å². The molecule has 2 N–H and O–H groups in total. The van der Waals surface area contributed by atoms with Gasteiger partial charge in [0, 0.05) is 13.0 Å². The van der Waals surface area contributed by atoms with Gasteiger partial charge >= 0.3 is 5.97 Å². The molecule has 252 valence electrons. The van der Waals surface area contributed by atoms with Crippen molar-refractivity contribution in [2.24, 2.45) is 5.92 Å². The van der Waals surface area contributed by atoms with E-state index in [4.69, 9.17) is 9.47 Å². The van der Waals surface area contributed by atoms with Gasteiger partial charge in [-0.15, -0.1) is 0 Å². The molecule has 0 aromatic heterocycles. The highest BCUT2D eigenvalue weighted by Crippen LogP contribution is 2.22. The maximum atomic E-state index is 11.9. The first-order valence-corrected chi connectivity index (χ1v) is 18.8. The molecule has 0 radical (unpaired) electrons. The molecule has 0 fully saturated rings. The average Bonchev–Trinajstić information content (AvgIpc) is 2.99. The van der Waals surface area contributed by atoms with Gasteiger partial charge in [-0.3, -0.25) is 4.79 Å². The van der Waals surface area contributed by atoms with E-state index in [2.05, 4.69) is 26.1 Å². The largest absolute Gasteiger partial charge is 0.466 e. The molecular weight excluding hydrogens is 522 g/mol. The first-order valence-electron chi connectivity index (χ1n) is 18.8. The quantitative estimate of drug-likeness (QED) is 0.0432. The molecule has 1 atom stereocenters. The zero-order valence-electron chi connectivity index (χ0n) is 28.7. The number of hydrogen-bond acceptors (Lipinski definition) is 5. The van der Waals surface area contributed by atoms with Crippen molar-refractivity contribution in [2.45, 2.75) is 200 Å². The van der Waals surface area contributed by atoms with Crippen molar-refractivity contribution >= 4 is 5.97 Å². The second-order valence-corrected chi connectivity index (χ2v) is 12.8. The molecule has 1 unspecified atom stereocenters. The van der Waals surface area contributed by atoms with Crippen LogP contribution in [0.2, 0.25) is 0 Å². The van der Waals surface area contributed by atoms with E-state index in [1.165, 1.54) is 109 Å². The minimum Gasteiger partial charge on any atom is -0.466 e. The summed E-state index contributed by atoms with van der Waals surface area (Å²) in [5.41, 5.74) is 0. The lowest BCUT2D eigenvalue weighted by Crippen LogP contribution is -2.17. The van der Waals surface area contributed by atoms with Crippen molar-refractivity contribution in [1.82, 2.24) is 5.32 Å². The van der Waals surface area contributed by atoms with Crippen molar-refractivity contribution in [2.75, 3.05) is 26.3 Å². The standard InChI is InChI=1S/C37H75NO4/c1-4-7-10-13-14-15-16-25-33-41-36(39)28-21-17-23-31-38-32-24-18-22-29-37(40)42-34-30-35(26-19-11-8-5-2)27-20-12-9-6-3/h35,37-38,40H,4-34H2,1-3H3. The predicted molar refractivity (Wildman–Crippen MR) is 181 cm³/mol. The van der Waals surface area contributed by atoms with Crippen LogP contribution in [-0.4, -0.2) is 43.7 Å². The minimum atomic E-state index is -0.606. The maximum Gasteiger partial charge on any atom is 0.305 e. The highest BCUT2D eigenvalue weighted by Gasteiger charge is 2.11. The van der Waals surface area contributed by atoms with Gasteiger partial charge in [0.2, 0.25) is 0 Å². The topological polar surface area (TPSA) is 67.8 Å². The van der Waals surface area contributed by atoms with Gasteiger partial charge in [0.25, 0.3) is 0 Å². The number of esters is 1. The van der Waals surface area contributed by atoms with Crippen LogP contribution in [0.4, 0.5) is 0 Å². The van der Waals surface area contributed by atoms with E-state index in [1.54, 1.807) is 0 Å². The molecule has 5 nitrogen and oxygen atoms in total. The van der Waals surface area contributed by atoms with Gasteiger partial charge in [-0.1, -0.05) is 143 Å². The van der Waals surface area contributed by atoms with E-state index in [0.29, 0.717) is 19.6 Å². The monoisotopic (exact) mass is 598 g/mol. The Kier molecular flexibility index (Phi) is 34.3. The molecule has 0 saturated heterocycles. The van der Waals surface area contributed by atoms with Gasteiger partial charge in [0.1, 0.15) is 0 Å². The van der Waals surface area contributed by atoms with Gasteiger partial charge in [-0.05, 0) is 64.0 Å². The van der Waals surface area contributed by atoms with E-state index in [9.17, 15) is 9.90 Å². The Hall–Kier alpha value is -0.650. The molecule has 0 aliphatic carbocycles. The maximum absolute atomic E-state index is 11.9. The molecule has 0 rings (SSSR count). The molecule has 42 heavy (non-hydrogen) atoms. The Balaban J connectivity index is 3.53. The predicted octanol–water partition coefficient (Wildman–Crippen LogP) is 10.7. The summed E-state index contributed by atoms with van der Waals surface area (Å²) in [7, 11) is 0. The van der Waals surface area contributed by atoms with Crippen LogP contribution in [0.25, 0.3) is 0 Å². The molecule has 0 saturated carbocycles. The lowest BCUT2D eigenvalue weighted by molar-refractivity contribution is -0.143. The number of rotatable bonds is 35. The summed E-state index contributed by atoms with van der Waals surface area (Å²) in [6.07, 6.45) is 31.7. The van der Waals surface area contributed by atoms with Crippen molar-refractivity contribution in [1.29, 1.82) is 0 Å². The number of carbonyl (C=O) groups is 1. The Bertz CT molecular complexity index is 518. The number of carbonyl (C=O) groups excluding carboxylic acids is 1. The van der Waals surface area contributed by atoms with Crippen molar-refractivity contribution in [3.05, 3.63) is 0 Å². The number of aliphatic hydroxyl groups is 1. The fourth-order valence-corrected chi connectivity index (χ4v) is 5.67. The van der Waals surface area contributed by atoms with Gasteiger partial charge < -0.3 is 19.9 Å². The first-order chi connectivity index (χ1) is 20.6. The van der Waals surface area contributed by atoms with E-state index < -0.39 is 6.29 Å². The molecule has 0 amide bonds. The number of hydrogen-bond donors (Lipinski definition) is 2. The Labute approximate surface area is 263 Å². The second kappa shape index (κ2) is 34.8. The molecule has 0 spiro atoms. The third kappa shape index (κ3) is 32.3. The summed E-state index contributed by atoms with van der Waals surface area (Å²) in [5, 5.41) is 13.8. The van der Waals surface area contributed by atoms with E-state index in [0.717, 1.165) is 76.8 Å². The van der Waals surface area contributed by atoms with E-state index >= 15 is 0 Å². The zero-order valence-corrected chi connectivity index (χ0v) is 28.7. The second-order valence-electron chi connectivity index (χ2n) is 12.8. The van der Waals surface area contributed by atoms with Crippen LogP contribution in [0.3, 0.4) is 0 Å². The SMILES string of the molecule is CCCCCCCCCCOC(=O)CCCCCNCCCCCC(O)OCCC(CCCCCC)CCCCCC. The summed E-state index contributed by atoms with van der Waals surface area (Å²) in [6, 6.07) is 0. The van der Waals surface area contributed by atoms with Gasteiger partial charge in [-0.25, -0.2) is 0 Å². The molecule has 0 bridgehead atoms. The lowest BCUT2D eigenvalue weighted by atomic mass is 9.92. The summed E-state index contributed by atoms with van der Waals surface area (Å²) >= 11 is 0. The van der Waals surface area contributed by atoms with Crippen LogP contribution < -0.4 is 5.32 Å². The Morgan fingerprint density at radius 2 is 1.02 bits per heavy atom. The molecule has 0 aliphatic rings. The summed E-state index contributed by atoms with van der Waals surface area (Å²) in [4.78, 5) is 11.9. The van der Waals surface area contributed by atoms with Crippen molar-refractivity contribution in [3.63, 3.8) is 0 Å². The van der Waals surface area contributed by atoms with Crippen LogP contribution in [0.15, 0.2) is 0 Å². The summed E-state index contributed by atoms with van der Waals surface area (Å²) < 4.78 is 11.2. The fourth-order valence-electron chi connectivity index (χ4n) is 5.67. The Morgan fingerprint density at radius 1 is 0.548 bits per heavy atom. The van der Waals surface area contributed by atoms with E-state index in [1.807, 2.05) is 0 Å². The van der Waals surface area contributed by atoms with E-state index in [-0.39, 0.29) is 5.97 Å². The average molecular weight is 598 g/mol. The molecule has 5 heteroatoms. The normalized spacial score (nSPS) is 12.3. The molecule has 0 heterocycles. The number of ether oxygens (including phenoxy) is 2. The third-order valence-electron chi connectivity index (χ3n) is 8.57. The smallest absolute Gasteiger partial charge is 0.305 e. The van der Waals surface area contributed by atoms with Crippen molar-refractivity contribution < 1.29 is 19.4 Å². The van der Waals surface area contributed by atoms with Gasteiger partial charge in [0.15, 0.2) is 6.29 Å². The van der Waals surface area contributed by atoms with Crippen LogP contribution in [0, 0.1) is 5.92 Å². The van der Waals surface area contributed by atoms with Crippen LogP contribution >= 0.6 is 0 Å².